The Morgan fingerprint density at radius 2 is 1.73 bits per heavy atom. The zero-order chi connectivity index (χ0) is 11.6. The van der Waals surface area contributed by atoms with E-state index in [0.29, 0.717) is 5.02 Å². The monoisotopic (exact) mass is 238 g/mol. The third-order valence-electron chi connectivity index (χ3n) is 1.69. The summed E-state index contributed by atoms with van der Waals surface area (Å²) in [6, 6.07) is 4.80. The first-order valence-corrected chi connectivity index (χ1v) is 4.24. The zero-order valence-electron chi connectivity index (χ0n) is 7.25. The molecule has 15 heavy (non-hydrogen) atoms. The number of aliphatic hydroxyl groups is 1. The Morgan fingerprint density at radius 1 is 1.27 bits per heavy atom. The van der Waals surface area contributed by atoms with Crippen LogP contribution in [0.4, 0.5) is 13.2 Å². The molecule has 0 aliphatic rings. The van der Waals surface area contributed by atoms with E-state index in [4.69, 9.17) is 16.7 Å². The van der Waals surface area contributed by atoms with Crippen LogP contribution in [0.3, 0.4) is 0 Å². The van der Waals surface area contributed by atoms with Crippen LogP contribution in [0.2, 0.25) is 5.02 Å². The van der Waals surface area contributed by atoms with Gasteiger partial charge in [-0.15, -0.1) is 0 Å². The molecule has 0 saturated heterocycles. The third-order valence-corrected chi connectivity index (χ3v) is 1.94. The van der Waals surface area contributed by atoms with Gasteiger partial charge in [0.2, 0.25) is 11.9 Å². The van der Waals surface area contributed by atoms with Gasteiger partial charge in [-0.1, -0.05) is 11.6 Å². The molecule has 2 nitrogen and oxygen atoms in total. The molecule has 1 atom stereocenters. The van der Waals surface area contributed by atoms with Crippen LogP contribution < -0.4 is 0 Å². The van der Waals surface area contributed by atoms with Crippen LogP contribution in [0.1, 0.15) is 10.4 Å². The summed E-state index contributed by atoms with van der Waals surface area (Å²) in [5.74, 6) is -1.39. The zero-order valence-corrected chi connectivity index (χ0v) is 8.01. The number of halogens is 4. The first-order chi connectivity index (χ1) is 6.82. The fourth-order valence-corrected chi connectivity index (χ4v) is 1.05. The fraction of sp³-hybridized carbons (Fsp3) is 0.222. The Morgan fingerprint density at radius 3 is 2.13 bits per heavy atom. The van der Waals surface area contributed by atoms with Gasteiger partial charge in [0.1, 0.15) is 0 Å². The Labute approximate surface area is 88.3 Å². The van der Waals surface area contributed by atoms with Gasteiger partial charge >= 0.3 is 6.18 Å². The van der Waals surface area contributed by atoms with Crippen molar-refractivity contribution in [3.8, 4) is 0 Å². The third kappa shape index (κ3) is 2.94. The Bertz CT molecular complexity index is 359. The van der Waals surface area contributed by atoms with Crippen LogP contribution in [0.25, 0.3) is 0 Å². The number of carbonyl (C=O) groups is 1. The van der Waals surface area contributed by atoms with E-state index >= 15 is 0 Å². The highest BCUT2D eigenvalue weighted by molar-refractivity contribution is 6.30. The summed E-state index contributed by atoms with van der Waals surface area (Å²) in [5, 5.41) is 8.97. The van der Waals surface area contributed by atoms with E-state index in [1.54, 1.807) is 0 Å². The highest BCUT2D eigenvalue weighted by atomic mass is 35.5. The number of Topliss-reactive ketones (excluding diaryl/α,β-unsaturated/α-hetero) is 1. The minimum atomic E-state index is -4.95. The van der Waals surface area contributed by atoms with Crippen molar-refractivity contribution < 1.29 is 23.1 Å². The standard InChI is InChI=1S/C9H6ClF3O2/c10-6-3-1-5(2-4-6)7(14)8(15)9(11,12)13/h1-4,8,15H. The molecule has 6 heteroatoms. The fourth-order valence-electron chi connectivity index (χ4n) is 0.921. The number of hydrogen-bond donors (Lipinski definition) is 1. The lowest BCUT2D eigenvalue weighted by molar-refractivity contribution is -0.186. The maximum atomic E-state index is 12.0. The van der Waals surface area contributed by atoms with Gasteiger partial charge in [-0.3, -0.25) is 4.79 Å². The summed E-state index contributed by atoms with van der Waals surface area (Å²) < 4.78 is 35.9. The predicted octanol–water partition coefficient (Wildman–Crippen LogP) is 2.45. The first kappa shape index (κ1) is 12.0. The second kappa shape index (κ2) is 4.20. The molecule has 0 aliphatic carbocycles. The molecule has 0 radical (unpaired) electrons. The van der Waals surface area contributed by atoms with Crippen molar-refractivity contribution >= 4 is 17.4 Å². The normalized spacial score (nSPS) is 13.7. The van der Waals surface area contributed by atoms with E-state index in [9.17, 15) is 18.0 Å². The topological polar surface area (TPSA) is 37.3 Å². The molecular formula is C9H6ClF3O2. The predicted molar refractivity (Wildman–Crippen MR) is 47.8 cm³/mol. The SMILES string of the molecule is O=C(c1ccc(Cl)cc1)C(O)C(F)(F)F. The molecule has 0 amide bonds. The van der Waals surface area contributed by atoms with E-state index in [0.717, 1.165) is 12.1 Å². The lowest BCUT2D eigenvalue weighted by Crippen LogP contribution is -2.36. The van der Waals surface area contributed by atoms with E-state index in [2.05, 4.69) is 0 Å². The molecule has 0 saturated carbocycles. The minimum absolute atomic E-state index is 0.232. The van der Waals surface area contributed by atoms with Crippen LogP contribution in [0.5, 0.6) is 0 Å². The van der Waals surface area contributed by atoms with E-state index in [-0.39, 0.29) is 5.56 Å². The lowest BCUT2D eigenvalue weighted by Gasteiger charge is -2.12. The van der Waals surface area contributed by atoms with Crippen molar-refractivity contribution in [3.63, 3.8) is 0 Å². The molecule has 1 N–H and O–H groups in total. The van der Waals surface area contributed by atoms with Crippen molar-refractivity contribution in [2.45, 2.75) is 12.3 Å². The Balaban J connectivity index is 2.90. The number of aliphatic hydroxyl groups excluding tert-OH is 1. The average Bonchev–Trinajstić information content (AvgIpc) is 2.15. The molecule has 0 aromatic heterocycles. The molecule has 0 aliphatic heterocycles. The highest BCUT2D eigenvalue weighted by Gasteiger charge is 2.43. The molecule has 0 spiro atoms. The number of rotatable bonds is 2. The number of ketones is 1. The van der Waals surface area contributed by atoms with Crippen LogP contribution >= 0.6 is 11.6 Å². The summed E-state index contributed by atoms with van der Waals surface area (Å²) in [6.07, 6.45) is -7.94. The highest BCUT2D eigenvalue weighted by Crippen LogP contribution is 2.23. The second-order valence-corrected chi connectivity index (χ2v) is 3.25. The molecule has 1 aromatic carbocycles. The van der Waals surface area contributed by atoms with Crippen molar-refractivity contribution in [2.24, 2.45) is 0 Å². The molecule has 0 bridgehead atoms. The Hall–Kier alpha value is -1.07. The quantitative estimate of drug-likeness (QED) is 0.804. The van der Waals surface area contributed by atoms with Crippen molar-refractivity contribution in [1.29, 1.82) is 0 Å². The van der Waals surface area contributed by atoms with Crippen molar-refractivity contribution in [3.05, 3.63) is 34.9 Å². The first-order valence-electron chi connectivity index (χ1n) is 3.87. The molecule has 1 unspecified atom stereocenters. The molecule has 0 heterocycles. The summed E-state index contributed by atoms with van der Waals surface area (Å²) in [4.78, 5) is 11.1. The van der Waals surface area contributed by atoms with Crippen LogP contribution in [0.15, 0.2) is 24.3 Å². The smallest absolute Gasteiger partial charge is 0.377 e. The van der Waals surface area contributed by atoms with E-state index in [1.165, 1.54) is 12.1 Å². The minimum Gasteiger partial charge on any atom is -0.377 e. The van der Waals surface area contributed by atoms with Gasteiger partial charge in [0.05, 0.1) is 0 Å². The maximum Gasteiger partial charge on any atom is 0.421 e. The number of benzene rings is 1. The van der Waals surface area contributed by atoms with Gasteiger partial charge in [-0.05, 0) is 24.3 Å². The van der Waals surface area contributed by atoms with E-state index in [1.807, 2.05) is 0 Å². The van der Waals surface area contributed by atoms with Gasteiger partial charge in [0.25, 0.3) is 0 Å². The van der Waals surface area contributed by atoms with Gasteiger partial charge in [0, 0.05) is 10.6 Å². The van der Waals surface area contributed by atoms with E-state index < -0.39 is 18.1 Å². The number of alkyl halides is 3. The summed E-state index contributed by atoms with van der Waals surface area (Å²) in [6.45, 7) is 0. The molecule has 0 fully saturated rings. The lowest BCUT2D eigenvalue weighted by atomic mass is 10.1. The molecule has 1 rings (SSSR count). The van der Waals surface area contributed by atoms with Crippen molar-refractivity contribution in [2.75, 3.05) is 0 Å². The van der Waals surface area contributed by atoms with Crippen LogP contribution in [0, 0.1) is 0 Å². The van der Waals surface area contributed by atoms with Gasteiger partial charge in [0.15, 0.2) is 0 Å². The molecular weight excluding hydrogens is 233 g/mol. The van der Waals surface area contributed by atoms with Gasteiger partial charge in [-0.2, -0.15) is 13.2 Å². The molecule has 82 valence electrons. The summed E-state index contributed by atoms with van der Waals surface area (Å²) >= 11 is 5.49. The second-order valence-electron chi connectivity index (χ2n) is 2.82. The number of hydrogen-bond acceptors (Lipinski definition) is 2. The van der Waals surface area contributed by atoms with Crippen LogP contribution in [-0.4, -0.2) is 23.2 Å². The van der Waals surface area contributed by atoms with Gasteiger partial charge in [-0.25, -0.2) is 0 Å². The number of carbonyl (C=O) groups excluding carboxylic acids is 1. The summed E-state index contributed by atoms with van der Waals surface area (Å²) in [7, 11) is 0. The van der Waals surface area contributed by atoms with Crippen LogP contribution in [-0.2, 0) is 0 Å². The van der Waals surface area contributed by atoms with Crippen molar-refractivity contribution in [1.82, 2.24) is 0 Å². The average molecular weight is 239 g/mol. The largest absolute Gasteiger partial charge is 0.421 e. The summed E-state index contributed by atoms with van der Waals surface area (Å²) in [5.41, 5.74) is -0.232. The van der Waals surface area contributed by atoms with Gasteiger partial charge < -0.3 is 5.11 Å². The molecule has 1 aromatic rings. The maximum absolute atomic E-state index is 12.0. The Kier molecular flexibility index (Phi) is 3.36.